The number of hydrogen-bond donors (Lipinski definition) is 2. The van der Waals surface area contributed by atoms with Gasteiger partial charge in [-0.1, -0.05) is 12.1 Å². The molecule has 0 radical (unpaired) electrons. The van der Waals surface area contributed by atoms with Gasteiger partial charge in [0, 0.05) is 18.3 Å². The van der Waals surface area contributed by atoms with E-state index in [9.17, 15) is 5.11 Å². The molecular weight excluding hydrogens is 246 g/mol. The molecule has 0 bridgehead atoms. The summed E-state index contributed by atoms with van der Waals surface area (Å²) in [4.78, 5) is 0. The molecule has 100 valence electrons. The van der Waals surface area contributed by atoms with Gasteiger partial charge in [-0.3, -0.25) is 0 Å². The second kappa shape index (κ2) is 7.02. The second-order valence-electron chi connectivity index (χ2n) is 4.58. The molecule has 1 aliphatic rings. The lowest BCUT2D eigenvalue weighted by atomic mass is 10.1. The van der Waals surface area contributed by atoms with Crippen LogP contribution in [0.5, 0.6) is 5.75 Å². The Bertz CT molecular complexity index is 349. The minimum Gasteiger partial charge on any atom is -0.497 e. The predicted octanol–water partition coefficient (Wildman–Crippen LogP) is 2.21. The van der Waals surface area contributed by atoms with Crippen molar-refractivity contribution in [2.24, 2.45) is 0 Å². The molecule has 0 saturated carbocycles. The van der Waals surface area contributed by atoms with Gasteiger partial charge in [0.2, 0.25) is 0 Å². The summed E-state index contributed by atoms with van der Waals surface area (Å²) in [5.41, 5.74) is 0.933. The number of benzene rings is 1. The van der Waals surface area contributed by atoms with Gasteiger partial charge in [0.15, 0.2) is 0 Å². The number of aliphatic hydroxyl groups excluding tert-OH is 1. The highest BCUT2D eigenvalue weighted by Crippen LogP contribution is 2.25. The monoisotopic (exact) mass is 267 g/mol. The summed E-state index contributed by atoms with van der Waals surface area (Å²) in [5.74, 6) is 2.11. The Balaban J connectivity index is 1.74. The van der Waals surface area contributed by atoms with Gasteiger partial charge in [-0.15, -0.1) is 0 Å². The Morgan fingerprint density at radius 1 is 1.44 bits per heavy atom. The van der Waals surface area contributed by atoms with E-state index in [-0.39, 0.29) is 0 Å². The molecule has 2 rings (SSSR count). The van der Waals surface area contributed by atoms with Gasteiger partial charge < -0.3 is 15.2 Å². The molecule has 2 atom stereocenters. The summed E-state index contributed by atoms with van der Waals surface area (Å²) in [7, 11) is 1.65. The Hall–Kier alpha value is -0.710. The van der Waals surface area contributed by atoms with Crippen molar-refractivity contribution in [2.45, 2.75) is 24.2 Å². The van der Waals surface area contributed by atoms with Gasteiger partial charge in [0.05, 0.1) is 13.2 Å². The molecule has 1 aliphatic heterocycles. The molecule has 0 spiro atoms. The summed E-state index contributed by atoms with van der Waals surface area (Å²) in [6, 6.07) is 7.59. The van der Waals surface area contributed by atoms with Crippen molar-refractivity contribution < 1.29 is 9.84 Å². The molecule has 1 heterocycles. The molecule has 1 aromatic rings. The van der Waals surface area contributed by atoms with Gasteiger partial charge in [0.25, 0.3) is 0 Å². The first-order valence-electron chi connectivity index (χ1n) is 6.44. The molecule has 1 saturated heterocycles. The highest BCUT2D eigenvalue weighted by atomic mass is 32.2. The minimum atomic E-state index is -0.442. The first-order chi connectivity index (χ1) is 8.79. The molecule has 0 aromatic heterocycles. The number of aliphatic hydroxyl groups is 1. The smallest absolute Gasteiger partial charge is 0.118 e. The van der Waals surface area contributed by atoms with Gasteiger partial charge in [-0.05, 0) is 36.3 Å². The summed E-state index contributed by atoms with van der Waals surface area (Å²) >= 11 is 2.03. The first kappa shape index (κ1) is 13.7. The van der Waals surface area contributed by atoms with Crippen LogP contribution in [-0.4, -0.2) is 36.3 Å². The average Bonchev–Trinajstić information content (AvgIpc) is 2.92. The van der Waals surface area contributed by atoms with E-state index in [2.05, 4.69) is 5.32 Å². The van der Waals surface area contributed by atoms with Gasteiger partial charge in [0.1, 0.15) is 5.75 Å². The number of methoxy groups -OCH3 is 1. The van der Waals surface area contributed by atoms with E-state index in [4.69, 9.17) is 4.74 Å². The highest BCUT2D eigenvalue weighted by molar-refractivity contribution is 8.00. The zero-order valence-corrected chi connectivity index (χ0v) is 11.6. The number of ether oxygens (including phenoxy) is 1. The van der Waals surface area contributed by atoms with Crippen LogP contribution in [0.25, 0.3) is 0 Å². The minimum absolute atomic E-state index is 0.442. The number of hydrogen-bond acceptors (Lipinski definition) is 4. The van der Waals surface area contributed by atoms with Crippen LogP contribution in [-0.2, 0) is 0 Å². The lowest BCUT2D eigenvalue weighted by Gasteiger charge is -2.15. The van der Waals surface area contributed by atoms with Crippen LogP contribution in [0, 0.1) is 0 Å². The van der Waals surface area contributed by atoms with Crippen LogP contribution >= 0.6 is 11.8 Å². The van der Waals surface area contributed by atoms with Crippen molar-refractivity contribution >= 4 is 11.8 Å². The van der Waals surface area contributed by atoms with Crippen molar-refractivity contribution in [2.75, 3.05) is 26.0 Å². The maximum atomic E-state index is 10.0. The zero-order chi connectivity index (χ0) is 12.8. The fraction of sp³-hybridized carbons (Fsp3) is 0.571. The number of rotatable bonds is 6. The Labute approximate surface area is 113 Å². The summed E-state index contributed by atoms with van der Waals surface area (Å²) in [6.07, 6.45) is 2.19. The highest BCUT2D eigenvalue weighted by Gasteiger charge is 2.15. The number of thioether (sulfide) groups is 1. The van der Waals surface area contributed by atoms with Crippen LogP contribution in [0.4, 0.5) is 0 Å². The average molecular weight is 267 g/mol. The fourth-order valence-electron chi connectivity index (χ4n) is 2.13. The molecule has 0 aliphatic carbocycles. The molecule has 1 fully saturated rings. The standard InChI is InChI=1S/C14H21NO2S/c1-17-12-6-4-11(5-7-12)14(16)10-15-9-13-3-2-8-18-13/h4-7,13-16H,2-3,8-10H2,1H3. The second-order valence-corrected chi connectivity index (χ2v) is 5.99. The molecule has 2 N–H and O–H groups in total. The predicted molar refractivity (Wildman–Crippen MR) is 76.3 cm³/mol. The number of nitrogens with one attached hydrogen (secondary N) is 1. The third-order valence-corrected chi connectivity index (χ3v) is 4.63. The molecule has 1 aromatic carbocycles. The van der Waals surface area contributed by atoms with Gasteiger partial charge in [-0.2, -0.15) is 11.8 Å². The Morgan fingerprint density at radius 3 is 2.83 bits per heavy atom. The summed E-state index contributed by atoms with van der Waals surface area (Å²) in [5, 5.41) is 14.1. The maximum Gasteiger partial charge on any atom is 0.118 e. The van der Waals surface area contributed by atoms with E-state index in [0.717, 1.165) is 23.1 Å². The lowest BCUT2D eigenvalue weighted by molar-refractivity contribution is 0.175. The van der Waals surface area contributed by atoms with Gasteiger partial charge >= 0.3 is 0 Å². The van der Waals surface area contributed by atoms with Crippen molar-refractivity contribution in [1.82, 2.24) is 5.32 Å². The van der Waals surface area contributed by atoms with E-state index < -0.39 is 6.10 Å². The van der Waals surface area contributed by atoms with Crippen molar-refractivity contribution in [1.29, 1.82) is 0 Å². The zero-order valence-electron chi connectivity index (χ0n) is 10.8. The maximum absolute atomic E-state index is 10.0. The van der Waals surface area contributed by atoms with E-state index in [0.29, 0.717) is 6.54 Å². The Morgan fingerprint density at radius 2 is 2.22 bits per heavy atom. The molecule has 4 heteroatoms. The molecule has 2 unspecified atom stereocenters. The SMILES string of the molecule is COc1ccc(C(O)CNCC2CCCS2)cc1. The van der Waals surface area contributed by atoms with E-state index >= 15 is 0 Å². The van der Waals surface area contributed by atoms with E-state index in [1.165, 1.54) is 18.6 Å². The molecule has 0 amide bonds. The summed E-state index contributed by atoms with van der Waals surface area (Å²) in [6.45, 7) is 1.61. The molecule has 3 nitrogen and oxygen atoms in total. The van der Waals surface area contributed by atoms with Crippen LogP contribution < -0.4 is 10.1 Å². The van der Waals surface area contributed by atoms with Crippen molar-refractivity contribution in [3.63, 3.8) is 0 Å². The summed E-state index contributed by atoms with van der Waals surface area (Å²) < 4.78 is 5.10. The van der Waals surface area contributed by atoms with Crippen LogP contribution in [0.3, 0.4) is 0 Å². The first-order valence-corrected chi connectivity index (χ1v) is 7.49. The largest absolute Gasteiger partial charge is 0.497 e. The third kappa shape index (κ3) is 3.90. The van der Waals surface area contributed by atoms with Crippen molar-refractivity contribution in [3.8, 4) is 5.75 Å². The third-order valence-electron chi connectivity index (χ3n) is 3.23. The van der Waals surface area contributed by atoms with Gasteiger partial charge in [-0.25, -0.2) is 0 Å². The quantitative estimate of drug-likeness (QED) is 0.829. The lowest BCUT2D eigenvalue weighted by Crippen LogP contribution is -2.27. The Kier molecular flexibility index (Phi) is 5.35. The molecule has 18 heavy (non-hydrogen) atoms. The van der Waals surface area contributed by atoms with E-state index in [1.54, 1.807) is 7.11 Å². The van der Waals surface area contributed by atoms with E-state index in [1.807, 2.05) is 36.0 Å². The van der Waals surface area contributed by atoms with Crippen molar-refractivity contribution in [3.05, 3.63) is 29.8 Å². The fourth-order valence-corrected chi connectivity index (χ4v) is 3.37. The molecular formula is C14H21NO2S. The van der Waals surface area contributed by atoms with Crippen LogP contribution in [0.2, 0.25) is 0 Å². The topological polar surface area (TPSA) is 41.5 Å². The van der Waals surface area contributed by atoms with Crippen LogP contribution in [0.15, 0.2) is 24.3 Å². The normalized spacial score (nSPS) is 20.9. The van der Waals surface area contributed by atoms with Crippen LogP contribution in [0.1, 0.15) is 24.5 Å².